The third-order valence-corrected chi connectivity index (χ3v) is 2.73. The molecule has 1 heterocycles. The van der Waals surface area contributed by atoms with E-state index < -0.39 is 12.1 Å². The minimum Gasteiger partial charge on any atom is -0.478 e. The van der Waals surface area contributed by atoms with Crippen LogP contribution in [-0.2, 0) is 4.79 Å². The summed E-state index contributed by atoms with van der Waals surface area (Å²) in [6.07, 6.45) is 0.499. The van der Waals surface area contributed by atoms with Gasteiger partial charge in [-0.05, 0) is 22.0 Å². The fourth-order valence-electron chi connectivity index (χ4n) is 1.44. The average Bonchev–Trinajstić information content (AvgIpc) is 2.38. The smallest absolute Gasteiger partial charge is 0.349 e. The molecule has 92 valence electrons. The first-order chi connectivity index (χ1) is 8.66. The van der Waals surface area contributed by atoms with Crippen molar-refractivity contribution in [2.24, 2.45) is 0 Å². The van der Waals surface area contributed by atoms with Gasteiger partial charge in [0.1, 0.15) is 0 Å². The van der Waals surface area contributed by atoms with Crippen molar-refractivity contribution < 1.29 is 14.6 Å². The van der Waals surface area contributed by atoms with Crippen LogP contribution in [0.1, 0.15) is 11.7 Å². The van der Waals surface area contributed by atoms with E-state index in [-0.39, 0.29) is 5.88 Å². The number of halogens is 1. The molecule has 1 atom stereocenters. The van der Waals surface area contributed by atoms with Crippen molar-refractivity contribution in [3.8, 4) is 5.88 Å². The number of ether oxygens (including phenoxy) is 1. The number of benzene rings is 1. The van der Waals surface area contributed by atoms with E-state index in [9.17, 15) is 9.90 Å². The number of nitrogens with zero attached hydrogens (tertiary/aromatic N) is 1. The molecule has 1 N–H and O–H groups in total. The van der Waals surface area contributed by atoms with Crippen LogP contribution in [0, 0.1) is 0 Å². The zero-order valence-electron chi connectivity index (χ0n) is 9.29. The summed E-state index contributed by atoms with van der Waals surface area (Å²) in [6, 6.07) is 12.1. The van der Waals surface area contributed by atoms with Crippen molar-refractivity contribution in [2.75, 3.05) is 0 Å². The van der Waals surface area contributed by atoms with Crippen molar-refractivity contribution in [3.05, 3.63) is 58.7 Å². The fourth-order valence-corrected chi connectivity index (χ4v) is 1.68. The summed E-state index contributed by atoms with van der Waals surface area (Å²) in [4.78, 5) is 15.2. The summed E-state index contributed by atoms with van der Waals surface area (Å²) >= 11 is 3.25. The minimum atomic E-state index is -1.06. The first kappa shape index (κ1) is 12.6. The quantitative estimate of drug-likeness (QED) is 0.943. The van der Waals surface area contributed by atoms with Crippen molar-refractivity contribution in [1.29, 1.82) is 0 Å². The second-order valence-corrected chi connectivity index (χ2v) is 4.48. The lowest BCUT2D eigenvalue weighted by Crippen LogP contribution is -2.18. The number of carboxylic acids is 1. The monoisotopic (exact) mass is 307 g/mol. The minimum absolute atomic E-state index is 0.273. The topological polar surface area (TPSA) is 59.4 Å². The molecule has 0 radical (unpaired) electrons. The predicted molar refractivity (Wildman–Crippen MR) is 69.4 cm³/mol. The second-order valence-electron chi connectivity index (χ2n) is 3.56. The third kappa shape index (κ3) is 3.07. The van der Waals surface area contributed by atoms with Gasteiger partial charge in [-0.1, -0.05) is 30.3 Å². The molecule has 0 aliphatic carbocycles. The lowest BCUT2D eigenvalue weighted by atomic mass is 10.1. The van der Waals surface area contributed by atoms with Crippen LogP contribution in [0.15, 0.2) is 53.1 Å². The molecule has 0 amide bonds. The van der Waals surface area contributed by atoms with Gasteiger partial charge in [0.25, 0.3) is 0 Å². The zero-order chi connectivity index (χ0) is 13.0. The number of hydrogen-bond acceptors (Lipinski definition) is 3. The molecule has 5 heteroatoms. The van der Waals surface area contributed by atoms with Gasteiger partial charge in [-0.25, -0.2) is 9.78 Å². The SMILES string of the molecule is O=C(O)C(Oc1ccc(Br)cn1)c1ccccc1. The van der Waals surface area contributed by atoms with Gasteiger partial charge in [0, 0.05) is 22.3 Å². The molecular weight excluding hydrogens is 298 g/mol. The summed E-state index contributed by atoms with van der Waals surface area (Å²) in [6.45, 7) is 0. The second kappa shape index (κ2) is 5.64. The number of hydrogen-bond donors (Lipinski definition) is 1. The Hall–Kier alpha value is -1.88. The molecule has 2 rings (SSSR count). The normalized spacial score (nSPS) is 11.8. The number of pyridine rings is 1. The van der Waals surface area contributed by atoms with Gasteiger partial charge >= 0.3 is 5.97 Å². The first-order valence-corrected chi connectivity index (χ1v) is 6.02. The van der Waals surface area contributed by atoms with E-state index >= 15 is 0 Å². The molecule has 0 bridgehead atoms. The largest absolute Gasteiger partial charge is 0.478 e. The summed E-state index contributed by atoms with van der Waals surface area (Å²) in [5, 5.41) is 9.18. The first-order valence-electron chi connectivity index (χ1n) is 5.23. The molecule has 0 aliphatic rings. The van der Waals surface area contributed by atoms with Crippen LogP contribution in [0.4, 0.5) is 0 Å². The van der Waals surface area contributed by atoms with Crippen molar-refractivity contribution in [2.45, 2.75) is 6.10 Å². The third-order valence-electron chi connectivity index (χ3n) is 2.27. The Morgan fingerprint density at radius 3 is 2.50 bits per heavy atom. The highest BCUT2D eigenvalue weighted by molar-refractivity contribution is 9.10. The van der Waals surface area contributed by atoms with E-state index in [2.05, 4.69) is 20.9 Å². The molecule has 0 fully saturated rings. The Morgan fingerprint density at radius 1 is 1.22 bits per heavy atom. The van der Waals surface area contributed by atoms with E-state index in [1.807, 2.05) is 6.07 Å². The predicted octanol–water partition coefficient (Wildman–Crippen LogP) is 3.05. The maximum absolute atomic E-state index is 11.2. The fraction of sp³-hybridized carbons (Fsp3) is 0.0769. The van der Waals surface area contributed by atoms with Crippen LogP contribution in [0.25, 0.3) is 0 Å². The molecule has 0 saturated heterocycles. The Bertz CT molecular complexity index is 528. The summed E-state index contributed by atoms with van der Waals surface area (Å²) in [5.41, 5.74) is 0.578. The number of carboxylic acid groups (broad SMARTS) is 1. The molecule has 0 saturated carbocycles. The zero-order valence-corrected chi connectivity index (χ0v) is 10.9. The maximum Gasteiger partial charge on any atom is 0.349 e. The van der Waals surface area contributed by atoms with Crippen LogP contribution in [0.5, 0.6) is 5.88 Å². The highest BCUT2D eigenvalue weighted by Gasteiger charge is 2.21. The van der Waals surface area contributed by atoms with E-state index in [1.165, 1.54) is 0 Å². The molecule has 18 heavy (non-hydrogen) atoms. The Labute approximate surface area is 112 Å². The van der Waals surface area contributed by atoms with Crippen LogP contribution in [-0.4, -0.2) is 16.1 Å². The number of aliphatic carboxylic acids is 1. The molecule has 1 aromatic heterocycles. The highest BCUT2D eigenvalue weighted by atomic mass is 79.9. The van der Waals surface area contributed by atoms with Gasteiger partial charge in [-0.3, -0.25) is 0 Å². The van der Waals surface area contributed by atoms with Crippen LogP contribution >= 0.6 is 15.9 Å². The molecule has 2 aromatic rings. The molecule has 1 unspecified atom stereocenters. The number of rotatable bonds is 4. The number of carbonyl (C=O) groups is 1. The van der Waals surface area contributed by atoms with Gasteiger partial charge in [0.2, 0.25) is 12.0 Å². The van der Waals surface area contributed by atoms with Gasteiger partial charge in [0.15, 0.2) is 0 Å². The summed E-state index contributed by atoms with van der Waals surface area (Å²) in [5.74, 6) is -0.777. The Kier molecular flexibility index (Phi) is 3.94. The van der Waals surface area contributed by atoms with Gasteiger partial charge < -0.3 is 9.84 Å². The van der Waals surface area contributed by atoms with Crippen molar-refractivity contribution >= 4 is 21.9 Å². The van der Waals surface area contributed by atoms with Crippen LogP contribution in [0.3, 0.4) is 0 Å². The van der Waals surface area contributed by atoms with E-state index in [0.717, 1.165) is 4.47 Å². The molecule has 0 aliphatic heterocycles. The Balaban J connectivity index is 2.22. The van der Waals surface area contributed by atoms with E-state index in [1.54, 1.807) is 42.6 Å². The van der Waals surface area contributed by atoms with Gasteiger partial charge in [-0.2, -0.15) is 0 Å². The molecule has 0 spiro atoms. The van der Waals surface area contributed by atoms with Crippen LogP contribution < -0.4 is 4.74 Å². The molecule has 4 nitrogen and oxygen atoms in total. The van der Waals surface area contributed by atoms with E-state index in [4.69, 9.17) is 4.74 Å². The standard InChI is InChI=1S/C13H10BrNO3/c14-10-6-7-11(15-8-10)18-12(13(16)17)9-4-2-1-3-5-9/h1-8,12H,(H,16,17). The number of aromatic nitrogens is 1. The van der Waals surface area contributed by atoms with E-state index in [0.29, 0.717) is 5.56 Å². The maximum atomic E-state index is 11.2. The lowest BCUT2D eigenvalue weighted by molar-refractivity contribution is -0.145. The lowest BCUT2D eigenvalue weighted by Gasteiger charge is -2.14. The van der Waals surface area contributed by atoms with Gasteiger partial charge in [-0.15, -0.1) is 0 Å². The van der Waals surface area contributed by atoms with Gasteiger partial charge in [0.05, 0.1) is 0 Å². The summed E-state index contributed by atoms with van der Waals surface area (Å²) in [7, 11) is 0. The average molecular weight is 308 g/mol. The highest BCUT2D eigenvalue weighted by Crippen LogP contribution is 2.21. The molecular formula is C13H10BrNO3. The molecule has 1 aromatic carbocycles. The van der Waals surface area contributed by atoms with Crippen LogP contribution in [0.2, 0.25) is 0 Å². The van der Waals surface area contributed by atoms with Crippen molar-refractivity contribution in [3.63, 3.8) is 0 Å². The van der Waals surface area contributed by atoms with Crippen molar-refractivity contribution in [1.82, 2.24) is 4.98 Å². The Morgan fingerprint density at radius 2 is 1.94 bits per heavy atom. The summed E-state index contributed by atoms with van der Waals surface area (Å²) < 4.78 is 6.19.